The van der Waals surface area contributed by atoms with Gasteiger partial charge in [-0.1, -0.05) is 18.2 Å². The van der Waals surface area contributed by atoms with E-state index in [1.807, 2.05) is 0 Å². The molecule has 1 fully saturated rings. The Morgan fingerprint density at radius 3 is 2.55 bits per heavy atom. The highest BCUT2D eigenvalue weighted by atomic mass is 31.2. The first kappa shape index (κ1) is 33.5. The number of fused-ring (bicyclic) bond motifs is 1. The molecule has 3 heterocycles. The molecule has 4 aromatic rings. The van der Waals surface area contributed by atoms with E-state index in [0.29, 0.717) is 27.0 Å². The van der Waals surface area contributed by atoms with Crippen LogP contribution in [0.25, 0.3) is 11.0 Å². The van der Waals surface area contributed by atoms with Gasteiger partial charge in [-0.15, -0.1) is 0 Å². The number of nitrogens with one attached hydrogen (secondary N) is 2. The lowest BCUT2D eigenvalue weighted by Crippen LogP contribution is -2.42. The summed E-state index contributed by atoms with van der Waals surface area (Å²) in [5, 5.41) is 14.7. The number of aliphatic hydroxyl groups excluding tert-OH is 1. The van der Waals surface area contributed by atoms with Crippen LogP contribution in [-0.2, 0) is 25.2 Å². The van der Waals surface area contributed by atoms with Gasteiger partial charge in [-0.2, -0.15) is 13.8 Å². The highest BCUT2D eigenvalue weighted by molar-refractivity contribution is 7.51. The molecular formula is C28H27F2N4O12P. The molecule has 0 radical (unpaired) electrons. The monoisotopic (exact) mass is 680 g/mol. The van der Waals surface area contributed by atoms with E-state index in [2.05, 4.69) is 10.3 Å². The number of rotatable bonds is 11. The zero-order chi connectivity index (χ0) is 33.9. The zero-order valence-electron chi connectivity index (χ0n) is 24.5. The summed E-state index contributed by atoms with van der Waals surface area (Å²) in [7, 11) is -1.95. The summed E-state index contributed by atoms with van der Waals surface area (Å²) in [5.74, 6) is -4.27. The van der Waals surface area contributed by atoms with Gasteiger partial charge in [0.1, 0.15) is 23.4 Å². The molecule has 2 unspecified atom stereocenters. The van der Waals surface area contributed by atoms with Gasteiger partial charge < -0.3 is 33.4 Å². The molecule has 2 aromatic carbocycles. The summed E-state index contributed by atoms with van der Waals surface area (Å²) >= 11 is 0. The number of methoxy groups -OCH3 is 2. The van der Waals surface area contributed by atoms with Crippen molar-refractivity contribution in [2.75, 3.05) is 26.1 Å². The first-order valence-corrected chi connectivity index (χ1v) is 15.1. The Kier molecular flexibility index (Phi) is 9.60. The number of furan rings is 1. The topological polar surface area (TPSA) is 210 Å². The smallest absolute Gasteiger partial charge is 0.432 e. The van der Waals surface area contributed by atoms with Crippen LogP contribution in [0, 0.1) is 0 Å². The lowest BCUT2D eigenvalue weighted by atomic mass is 10.1. The average Bonchev–Trinajstić information content (AvgIpc) is 3.56. The number of alkyl halides is 2. The van der Waals surface area contributed by atoms with E-state index in [-0.39, 0.29) is 23.7 Å². The Morgan fingerprint density at radius 2 is 1.87 bits per heavy atom. The van der Waals surface area contributed by atoms with Crippen molar-refractivity contribution in [1.29, 1.82) is 0 Å². The molecule has 5 rings (SSSR count). The standard InChI is InChI=1S/C28H27F2N4O12P/c1-41-17-10-16-11-18(45-22(16)19(12-17)42-2)13-43-27(38)32-21-8-9-34(26(37)31-21)25-28(29,30)23(35)20(46-25)14-44-47(39,40)33-24(36)15-6-4-3-5-7-15/h3-12,20,23,25,35H,13-14H2,1-2H3,(H,31,32,37,38)(H2,33,36,39,40)/t20-,23-,25?/m1/s1. The van der Waals surface area contributed by atoms with Crippen LogP contribution in [0.1, 0.15) is 22.3 Å². The summed E-state index contributed by atoms with van der Waals surface area (Å²) in [6.07, 6.45) is -7.12. The molecule has 1 saturated heterocycles. The largest absolute Gasteiger partial charge is 0.497 e. The molecule has 4 atom stereocenters. The minimum atomic E-state index is -4.88. The van der Waals surface area contributed by atoms with Crippen molar-refractivity contribution in [3.05, 3.63) is 82.6 Å². The Bertz CT molecular complexity index is 1890. The first-order valence-electron chi connectivity index (χ1n) is 13.5. The Hall–Kier alpha value is -4.87. The van der Waals surface area contributed by atoms with E-state index in [9.17, 15) is 37.7 Å². The molecule has 4 N–H and O–H groups in total. The predicted octanol–water partition coefficient (Wildman–Crippen LogP) is 3.20. The molecule has 0 spiro atoms. The predicted molar refractivity (Wildman–Crippen MR) is 156 cm³/mol. The van der Waals surface area contributed by atoms with E-state index < -0.39 is 56.4 Å². The number of hydrogen-bond donors (Lipinski definition) is 4. The molecule has 2 aromatic heterocycles. The highest BCUT2D eigenvalue weighted by Gasteiger charge is 2.60. The van der Waals surface area contributed by atoms with Crippen molar-refractivity contribution in [3.63, 3.8) is 0 Å². The first-order chi connectivity index (χ1) is 22.3. The Morgan fingerprint density at radius 1 is 1.13 bits per heavy atom. The third-order valence-electron chi connectivity index (χ3n) is 6.79. The molecule has 16 nitrogen and oxygen atoms in total. The minimum absolute atomic E-state index is 0.0285. The summed E-state index contributed by atoms with van der Waals surface area (Å²) in [6, 6.07) is 13.2. The van der Waals surface area contributed by atoms with Crippen LogP contribution in [0.3, 0.4) is 0 Å². The molecule has 250 valence electrons. The number of amides is 2. The van der Waals surface area contributed by atoms with Crippen LogP contribution in [0.4, 0.5) is 19.4 Å². The molecule has 1 aliphatic rings. The van der Waals surface area contributed by atoms with Crippen molar-refractivity contribution in [2.45, 2.75) is 31.0 Å². The van der Waals surface area contributed by atoms with Gasteiger partial charge in [-0.3, -0.25) is 24.3 Å². The molecule has 2 amide bonds. The number of hydrogen-bond acceptors (Lipinski definition) is 12. The van der Waals surface area contributed by atoms with Crippen LogP contribution < -0.4 is 25.6 Å². The van der Waals surface area contributed by atoms with Gasteiger partial charge in [0.25, 0.3) is 5.91 Å². The lowest BCUT2D eigenvalue weighted by molar-refractivity contribution is -0.140. The van der Waals surface area contributed by atoms with Crippen LogP contribution >= 0.6 is 7.75 Å². The normalized spacial score (nSPS) is 19.9. The molecule has 19 heteroatoms. The van der Waals surface area contributed by atoms with Gasteiger partial charge in [0.15, 0.2) is 24.0 Å². The van der Waals surface area contributed by atoms with Gasteiger partial charge >= 0.3 is 25.5 Å². The average molecular weight is 681 g/mol. The SMILES string of the molecule is COc1cc(OC)c2oc(COC(=O)Nc3ccn(C4O[C@H](COP(=O)(O)NC(=O)c5ccccc5)[C@@H](O)C4(F)F)c(=O)n3)cc2c1. The van der Waals surface area contributed by atoms with E-state index in [4.69, 9.17) is 27.9 Å². The van der Waals surface area contributed by atoms with Gasteiger partial charge in [0, 0.05) is 23.2 Å². The van der Waals surface area contributed by atoms with Gasteiger partial charge in [-0.05, 0) is 30.3 Å². The molecule has 0 saturated carbocycles. The van der Waals surface area contributed by atoms with Gasteiger partial charge in [-0.25, -0.2) is 14.2 Å². The zero-order valence-corrected chi connectivity index (χ0v) is 25.4. The fourth-order valence-electron chi connectivity index (χ4n) is 4.52. The summed E-state index contributed by atoms with van der Waals surface area (Å²) in [5.41, 5.74) is -0.883. The number of carbonyl (C=O) groups is 2. The summed E-state index contributed by atoms with van der Waals surface area (Å²) in [4.78, 5) is 50.6. The number of carbonyl (C=O) groups excluding carboxylic acids is 2. The number of ether oxygens (including phenoxy) is 4. The number of benzene rings is 2. The second-order valence-corrected chi connectivity index (χ2v) is 11.5. The van der Waals surface area contributed by atoms with Gasteiger partial charge in [0.05, 0.1) is 20.8 Å². The second-order valence-electron chi connectivity index (χ2n) is 9.93. The third-order valence-corrected chi connectivity index (χ3v) is 7.78. The maximum absolute atomic E-state index is 15.0. The van der Waals surface area contributed by atoms with Crippen LogP contribution in [0.5, 0.6) is 11.5 Å². The lowest BCUT2D eigenvalue weighted by Gasteiger charge is -2.21. The van der Waals surface area contributed by atoms with Gasteiger partial charge in [0.2, 0.25) is 6.23 Å². The van der Waals surface area contributed by atoms with Crippen LogP contribution in [0.15, 0.2) is 70.0 Å². The van der Waals surface area contributed by atoms with Crippen molar-refractivity contribution in [1.82, 2.24) is 14.6 Å². The number of nitrogens with zero attached hydrogens (tertiary/aromatic N) is 2. The second kappa shape index (κ2) is 13.5. The minimum Gasteiger partial charge on any atom is -0.497 e. The van der Waals surface area contributed by atoms with Crippen molar-refractivity contribution in [3.8, 4) is 11.5 Å². The fraction of sp³-hybridized carbons (Fsp3) is 0.286. The maximum Gasteiger partial charge on any atom is 0.432 e. The molecule has 0 bridgehead atoms. The highest BCUT2D eigenvalue weighted by Crippen LogP contribution is 2.45. The number of halogens is 2. The quantitative estimate of drug-likeness (QED) is 0.168. The Labute approximate surface area is 263 Å². The third kappa shape index (κ3) is 7.42. The van der Waals surface area contributed by atoms with Crippen LogP contribution in [-0.4, -0.2) is 70.5 Å². The van der Waals surface area contributed by atoms with E-state index in [1.165, 1.54) is 38.5 Å². The van der Waals surface area contributed by atoms with Crippen LogP contribution in [0.2, 0.25) is 0 Å². The number of aromatic nitrogens is 2. The molecular weight excluding hydrogens is 653 g/mol. The molecule has 0 aliphatic carbocycles. The molecule has 1 aliphatic heterocycles. The summed E-state index contributed by atoms with van der Waals surface area (Å²) < 4.78 is 73.7. The summed E-state index contributed by atoms with van der Waals surface area (Å²) in [6.45, 7) is -1.39. The maximum atomic E-state index is 15.0. The van der Waals surface area contributed by atoms with E-state index in [1.54, 1.807) is 29.4 Å². The van der Waals surface area contributed by atoms with Crippen molar-refractivity contribution < 1.29 is 60.8 Å². The van der Waals surface area contributed by atoms with E-state index >= 15 is 0 Å². The molecule has 47 heavy (non-hydrogen) atoms. The van der Waals surface area contributed by atoms with Crippen molar-refractivity contribution in [2.24, 2.45) is 0 Å². The van der Waals surface area contributed by atoms with Crippen molar-refractivity contribution >= 4 is 36.5 Å². The van der Waals surface area contributed by atoms with E-state index in [0.717, 1.165) is 12.3 Å². The Balaban J connectivity index is 1.19. The number of aliphatic hydroxyl groups is 1. The fourth-order valence-corrected chi connectivity index (χ4v) is 5.32. The number of anilines is 1.